The molecule has 0 saturated carbocycles. The molecule has 1 aromatic carbocycles. The van der Waals surface area contributed by atoms with Gasteiger partial charge in [-0.05, 0) is 43.7 Å². The van der Waals surface area contributed by atoms with Crippen molar-refractivity contribution in [1.29, 1.82) is 0 Å². The molecule has 164 valence electrons. The quantitative estimate of drug-likeness (QED) is 0.583. The Labute approximate surface area is 179 Å². The molecule has 10 heteroatoms. The van der Waals surface area contributed by atoms with Gasteiger partial charge in [-0.3, -0.25) is 4.79 Å². The predicted molar refractivity (Wildman–Crippen MR) is 114 cm³/mol. The molecule has 1 N–H and O–H groups in total. The van der Waals surface area contributed by atoms with E-state index < -0.39 is 15.7 Å². The van der Waals surface area contributed by atoms with Gasteiger partial charge in [0.15, 0.2) is 15.5 Å². The summed E-state index contributed by atoms with van der Waals surface area (Å²) >= 11 is 0. The molecule has 2 aromatic heterocycles. The van der Waals surface area contributed by atoms with E-state index in [0.29, 0.717) is 47.7 Å². The van der Waals surface area contributed by atoms with E-state index in [1.54, 1.807) is 32.2 Å². The van der Waals surface area contributed by atoms with Gasteiger partial charge in [0.25, 0.3) is 5.91 Å². The van der Waals surface area contributed by atoms with Crippen molar-refractivity contribution in [3.8, 4) is 11.3 Å². The zero-order chi connectivity index (χ0) is 22.2. The molecule has 0 aliphatic carbocycles. The van der Waals surface area contributed by atoms with Crippen molar-refractivity contribution < 1.29 is 22.3 Å². The molecule has 1 atom stereocenters. The maximum absolute atomic E-state index is 13.4. The molecule has 1 amide bonds. The predicted octanol–water partition coefficient (Wildman–Crippen LogP) is 2.28. The molecular formula is C21H23FN4O4S. The third kappa shape index (κ3) is 4.31. The topological polar surface area (TPSA) is 103 Å². The lowest BCUT2D eigenvalue weighted by molar-refractivity contribution is 0.0934. The highest BCUT2D eigenvalue weighted by Crippen LogP contribution is 2.32. The number of sulfone groups is 1. The van der Waals surface area contributed by atoms with Gasteiger partial charge in [0.05, 0.1) is 35.4 Å². The molecule has 1 aliphatic rings. The van der Waals surface area contributed by atoms with E-state index in [4.69, 9.17) is 4.74 Å². The number of aromatic nitrogens is 3. The third-order valence-electron chi connectivity index (χ3n) is 5.37. The number of nitrogens with zero attached hydrogens (tertiary/aromatic N) is 3. The second kappa shape index (κ2) is 8.35. The fourth-order valence-corrected chi connectivity index (χ4v) is 5.63. The van der Waals surface area contributed by atoms with Crippen LogP contribution in [0.25, 0.3) is 22.3 Å². The van der Waals surface area contributed by atoms with Crippen LogP contribution in [0.2, 0.25) is 0 Å². The maximum atomic E-state index is 13.4. The molecule has 1 aliphatic heterocycles. The minimum atomic E-state index is -3.11. The van der Waals surface area contributed by atoms with Gasteiger partial charge in [0, 0.05) is 19.2 Å². The number of benzene rings is 1. The average Bonchev–Trinajstić information content (AvgIpc) is 3.25. The summed E-state index contributed by atoms with van der Waals surface area (Å²) in [4.78, 5) is 22.0. The summed E-state index contributed by atoms with van der Waals surface area (Å²) in [5.74, 6) is -0.0184. The number of hydrogen-bond acceptors (Lipinski definition) is 6. The van der Waals surface area contributed by atoms with Gasteiger partial charge in [-0.25, -0.2) is 22.8 Å². The lowest BCUT2D eigenvalue weighted by Crippen LogP contribution is -2.28. The summed E-state index contributed by atoms with van der Waals surface area (Å²) in [6.07, 6.45) is 0.484. The first-order chi connectivity index (χ1) is 14.8. The number of pyridine rings is 1. The molecular weight excluding hydrogens is 423 g/mol. The van der Waals surface area contributed by atoms with E-state index in [1.807, 2.05) is 4.57 Å². The first kappa shape index (κ1) is 21.4. The molecule has 0 bridgehead atoms. The maximum Gasteiger partial charge on any atom is 0.272 e. The number of hydrogen-bond donors (Lipinski definition) is 1. The lowest BCUT2D eigenvalue weighted by Gasteiger charge is -2.15. The number of amides is 1. The zero-order valence-electron chi connectivity index (χ0n) is 17.3. The Bertz CT molecular complexity index is 1240. The van der Waals surface area contributed by atoms with Crippen LogP contribution in [-0.2, 0) is 14.6 Å². The smallest absolute Gasteiger partial charge is 0.272 e. The highest BCUT2D eigenvalue weighted by Gasteiger charge is 2.32. The van der Waals surface area contributed by atoms with Crippen LogP contribution in [0.4, 0.5) is 4.39 Å². The fraction of sp³-hybridized carbons (Fsp3) is 0.381. The number of aryl methyl sites for hydroxylation is 1. The molecule has 31 heavy (non-hydrogen) atoms. The van der Waals surface area contributed by atoms with Crippen LogP contribution in [0.15, 0.2) is 30.3 Å². The van der Waals surface area contributed by atoms with Crippen molar-refractivity contribution in [1.82, 2.24) is 19.9 Å². The summed E-state index contributed by atoms with van der Waals surface area (Å²) in [6.45, 7) is 2.44. The van der Waals surface area contributed by atoms with E-state index in [9.17, 15) is 17.6 Å². The van der Waals surface area contributed by atoms with Crippen LogP contribution >= 0.6 is 0 Å². The molecule has 1 unspecified atom stereocenters. The number of methoxy groups -OCH3 is 1. The van der Waals surface area contributed by atoms with Gasteiger partial charge in [-0.2, -0.15) is 0 Å². The number of carbonyl (C=O) groups excluding carboxylic acids is 1. The molecule has 1 saturated heterocycles. The highest BCUT2D eigenvalue weighted by atomic mass is 32.2. The van der Waals surface area contributed by atoms with Crippen LogP contribution in [-0.4, -0.2) is 60.6 Å². The van der Waals surface area contributed by atoms with Crippen LogP contribution in [0.1, 0.15) is 28.8 Å². The molecule has 4 rings (SSSR count). The monoisotopic (exact) mass is 446 g/mol. The van der Waals surface area contributed by atoms with Gasteiger partial charge in [-0.1, -0.05) is 0 Å². The third-order valence-corrected chi connectivity index (χ3v) is 7.13. The fourth-order valence-electron chi connectivity index (χ4n) is 3.93. The molecule has 1 fully saturated rings. The van der Waals surface area contributed by atoms with Crippen LogP contribution in [0.3, 0.4) is 0 Å². The van der Waals surface area contributed by atoms with Crippen molar-refractivity contribution in [3.63, 3.8) is 0 Å². The largest absolute Gasteiger partial charge is 0.383 e. The van der Waals surface area contributed by atoms with Gasteiger partial charge in [-0.15, -0.1) is 0 Å². The first-order valence-corrected chi connectivity index (χ1v) is 11.7. The first-order valence-electron chi connectivity index (χ1n) is 9.92. The Morgan fingerprint density at radius 3 is 2.68 bits per heavy atom. The minimum absolute atomic E-state index is 0.0306. The molecule has 3 heterocycles. The number of ether oxygens (including phenoxy) is 1. The van der Waals surface area contributed by atoms with E-state index in [0.717, 1.165) is 0 Å². The molecule has 3 aromatic rings. The van der Waals surface area contributed by atoms with Crippen molar-refractivity contribution in [2.75, 3.05) is 31.8 Å². The van der Waals surface area contributed by atoms with Crippen molar-refractivity contribution >= 4 is 26.8 Å². The molecule has 0 radical (unpaired) electrons. The second-order valence-corrected chi connectivity index (χ2v) is 9.79. The van der Waals surface area contributed by atoms with Crippen molar-refractivity contribution in [2.24, 2.45) is 0 Å². The molecule has 0 spiro atoms. The SMILES string of the molecule is COCCNC(=O)c1nc(-c2ccc(F)cc2)cc2c1nc(C)n2C1CCS(=O)(=O)C1. The van der Waals surface area contributed by atoms with Gasteiger partial charge in [0.1, 0.15) is 17.2 Å². The van der Waals surface area contributed by atoms with E-state index in [1.165, 1.54) is 12.1 Å². The highest BCUT2D eigenvalue weighted by molar-refractivity contribution is 7.91. The van der Waals surface area contributed by atoms with Gasteiger partial charge < -0.3 is 14.6 Å². The second-order valence-electron chi connectivity index (χ2n) is 7.57. The van der Waals surface area contributed by atoms with Gasteiger partial charge in [0.2, 0.25) is 0 Å². The minimum Gasteiger partial charge on any atom is -0.383 e. The van der Waals surface area contributed by atoms with Crippen LogP contribution < -0.4 is 5.32 Å². The lowest BCUT2D eigenvalue weighted by atomic mass is 10.1. The van der Waals surface area contributed by atoms with Crippen molar-refractivity contribution in [2.45, 2.75) is 19.4 Å². The van der Waals surface area contributed by atoms with Crippen LogP contribution in [0, 0.1) is 12.7 Å². The number of rotatable bonds is 6. The summed E-state index contributed by atoms with van der Waals surface area (Å²) in [5, 5.41) is 2.76. The van der Waals surface area contributed by atoms with Crippen LogP contribution in [0.5, 0.6) is 0 Å². The van der Waals surface area contributed by atoms with E-state index in [2.05, 4.69) is 15.3 Å². The number of imidazole rings is 1. The normalized spacial score (nSPS) is 17.8. The summed E-state index contributed by atoms with van der Waals surface area (Å²) in [5.41, 5.74) is 2.29. The Morgan fingerprint density at radius 1 is 1.29 bits per heavy atom. The summed E-state index contributed by atoms with van der Waals surface area (Å²) in [7, 11) is -1.57. The number of fused-ring (bicyclic) bond motifs is 1. The summed E-state index contributed by atoms with van der Waals surface area (Å²) in [6, 6.07) is 7.34. The standard InChI is InChI=1S/C21H23FN4O4S/c1-13-24-19-18(26(13)16-7-10-31(28,29)12-16)11-17(14-3-5-15(22)6-4-14)25-20(19)21(27)23-8-9-30-2/h3-6,11,16H,7-10,12H2,1-2H3,(H,23,27). The Balaban J connectivity index is 1.87. The Kier molecular flexibility index (Phi) is 5.76. The number of halogens is 1. The Hall–Kier alpha value is -2.85. The Morgan fingerprint density at radius 2 is 2.03 bits per heavy atom. The number of carbonyl (C=O) groups is 1. The van der Waals surface area contributed by atoms with E-state index in [-0.39, 0.29) is 29.1 Å². The molecule has 8 nitrogen and oxygen atoms in total. The number of nitrogens with one attached hydrogen (secondary N) is 1. The summed E-state index contributed by atoms with van der Waals surface area (Å²) < 4.78 is 44.4. The van der Waals surface area contributed by atoms with Gasteiger partial charge >= 0.3 is 0 Å². The van der Waals surface area contributed by atoms with E-state index >= 15 is 0 Å². The zero-order valence-corrected chi connectivity index (χ0v) is 18.1. The van der Waals surface area contributed by atoms with Crippen molar-refractivity contribution in [3.05, 3.63) is 47.7 Å². The average molecular weight is 447 g/mol.